The highest BCUT2D eigenvalue weighted by atomic mass is 35.5. The van der Waals surface area contributed by atoms with Crippen LogP contribution >= 0.6 is 11.6 Å². The Hall–Kier alpha value is -0.800. The van der Waals surface area contributed by atoms with Crippen molar-refractivity contribution < 1.29 is 14.2 Å². The van der Waals surface area contributed by atoms with Crippen LogP contribution in [0.25, 0.3) is 0 Å². The third-order valence-corrected chi connectivity index (χ3v) is 2.12. The number of rotatable bonds is 5. The molecule has 78 valence electrons. The quantitative estimate of drug-likeness (QED) is 0.770. The average Bonchev–Trinajstić information content (AvgIpc) is 2.18. The summed E-state index contributed by atoms with van der Waals surface area (Å²) in [6.07, 6.45) is 0.345. The molecular formula is C10H12ClFO2. The van der Waals surface area contributed by atoms with E-state index in [1.54, 1.807) is 18.2 Å². The number of alkyl halides is 1. The maximum Gasteiger partial charge on any atom is 0.126 e. The second-order valence-electron chi connectivity index (χ2n) is 2.77. The van der Waals surface area contributed by atoms with E-state index in [9.17, 15) is 4.39 Å². The van der Waals surface area contributed by atoms with Crippen LogP contribution in [-0.4, -0.2) is 18.4 Å². The minimum Gasteiger partial charge on any atom is -0.493 e. The molecule has 0 atom stereocenters. The van der Waals surface area contributed by atoms with Gasteiger partial charge in [0, 0.05) is 17.0 Å². The molecule has 1 N–H and O–H groups in total. The fraction of sp³-hybridized carbons (Fsp3) is 0.400. The molecule has 4 heteroatoms. The van der Waals surface area contributed by atoms with Crippen molar-refractivity contribution in [1.29, 1.82) is 0 Å². The highest BCUT2D eigenvalue weighted by Crippen LogP contribution is 2.26. The van der Waals surface area contributed by atoms with E-state index in [0.717, 1.165) is 0 Å². The van der Waals surface area contributed by atoms with Crippen LogP contribution in [-0.2, 0) is 6.61 Å². The summed E-state index contributed by atoms with van der Waals surface area (Å²) in [5.41, 5.74) is 0.549. The molecule has 0 saturated heterocycles. The molecule has 1 aromatic rings. The van der Waals surface area contributed by atoms with Crippen LogP contribution in [0.4, 0.5) is 4.39 Å². The molecule has 0 unspecified atom stereocenters. The van der Waals surface area contributed by atoms with Gasteiger partial charge in [0.1, 0.15) is 5.75 Å². The van der Waals surface area contributed by atoms with Gasteiger partial charge in [-0.15, -0.1) is 0 Å². The van der Waals surface area contributed by atoms with E-state index in [1.165, 1.54) is 0 Å². The lowest BCUT2D eigenvalue weighted by molar-refractivity contribution is 0.256. The van der Waals surface area contributed by atoms with Gasteiger partial charge in [0.2, 0.25) is 0 Å². The van der Waals surface area contributed by atoms with Crippen LogP contribution in [0.5, 0.6) is 5.75 Å². The molecule has 1 aromatic carbocycles. The summed E-state index contributed by atoms with van der Waals surface area (Å²) in [6, 6.07) is 5.11. The van der Waals surface area contributed by atoms with Gasteiger partial charge in [0.15, 0.2) is 0 Å². The van der Waals surface area contributed by atoms with E-state index in [4.69, 9.17) is 21.4 Å². The monoisotopic (exact) mass is 218 g/mol. The predicted molar refractivity (Wildman–Crippen MR) is 53.5 cm³/mol. The lowest BCUT2D eigenvalue weighted by Gasteiger charge is -2.10. The third kappa shape index (κ3) is 2.86. The van der Waals surface area contributed by atoms with Gasteiger partial charge in [0.25, 0.3) is 0 Å². The largest absolute Gasteiger partial charge is 0.493 e. The smallest absolute Gasteiger partial charge is 0.126 e. The Kier molecular flexibility index (Phi) is 4.70. The van der Waals surface area contributed by atoms with Gasteiger partial charge in [-0.25, -0.2) is 0 Å². The van der Waals surface area contributed by atoms with Crippen molar-refractivity contribution in [2.75, 3.05) is 13.3 Å². The molecule has 0 aliphatic rings. The van der Waals surface area contributed by atoms with E-state index in [0.29, 0.717) is 29.4 Å². The summed E-state index contributed by atoms with van der Waals surface area (Å²) in [4.78, 5) is 0. The second-order valence-corrected chi connectivity index (χ2v) is 3.17. The molecule has 2 nitrogen and oxygen atoms in total. The van der Waals surface area contributed by atoms with E-state index in [1.807, 2.05) is 0 Å². The summed E-state index contributed by atoms with van der Waals surface area (Å²) in [5.74, 6) is 0.522. The molecule has 0 aliphatic heterocycles. The minimum atomic E-state index is -0.408. The molecule has 0 amide bonds. The van der Waals surface area contributed by atoms with Gasteiger partial charge in [-0.3, -0.25) is 4.39 Å². The molecule has 0 aliphatic carbocycles. The summed E-state index contributed by atoms with van der Waals surface area (Å²) in [7, 11) is 0. The van der Waals surface area contributed by atoms with Crippen LogP contribution in [0.3, 0.4) is 0 Å². The Morgan fingerprint density at radius 1 is 1.43 bits per heavy atom. The van der Waals surface area contributed by atoms with E-state index in [2.05, 4.69) is 0 Å². The van der Waals surface area contributed by atoms with Crippen molar-refractivity contribution in [2.45, 2.75) is 13.0 Å². The maximum absolute atomic E-state index is 11.8. The Balaban J connectivity index is 2.70. The molecular weight excluding hydrogens is 207 g/mol. The Morgan fingerprint density at radius 2 is 2.21 bits per heavy atom. The first-order valence-electron chi connectivity index (χ1n) is 4.36. The molecule has 0 bridgehead atoms. The Morgan fingerprint density at radius 3 is 2.86 bits per heavy atom. The zero-order valence-electron chi connectivity index (χ0n) is 7.67. The predicted octanol–water partition coefficient (Wildman–Crippen LogP) is 2.57. The summed E-state index contributed by atoms with van der Waals surface area (Å²) < 4.78 is 17.1. The van der Waals surface area contributed by atoms with Crippen molar-refractivity contribution in [1.82, 2.24) is 0 Å². The lowest BCUT2D eigenvalue weighted by atomic mass is 10.2. The van der Waals surface area contributed by atoms with Crippen LogP contribution in [0, 0.1) is 0 Å². The number of hydrogen-bond donors (Lipinski definition) is 1. The number of halogens is 2. The SMILES string of the molecule is OCc1c(Cl)cccc1OCCCF. The molecule has 0 saturated carbocycles. The van der Waals surface area contributed by atoms with Gasteiger partial charge in [0.05, 0.1) is 19.9 Å². The molecule has 0 aromatic heterocycles. The molecule has 1 rings (SSSR count). The zero-order chi connectivity index (χ0) is 10.4. The average molecular weight is 219 g/mol. The third-order valence-electron chi connectivity index (χ3n) is 1.77. The molecule has 0 radical (unpaired) electrons. The lowest BCUT2D eigenvalue weighted by Crippen LogP contribution is -2.01. The molecule has 0 spiro atoms. The first kappa shape index (κ1) is 11.3. The van der Waals surface area contributed by atoms with Crippen molar-refractivity contribution >= 4 is 11.6 Å². The summed E-state index contributed by atoms with van der Waals surface area (Å²) in [5, 5.41) is 9.48. The number of ether oxygens (including phenoxy) is 1. The van der Waals surface area contributed by atoms with Gasteiger partial charge >= 0.3 is 0 Å². The number of aliphatic hydroxyl groups is 1. The summed E-state index contributed by atoms with van der Waals surface area (Å²) in [6.45, 7) is -0.288. The van der Waals surface area contributed by atoms with Crippen molar-refractivity contribution in [2.24, 2.45) is 0 Å². The van der Waals surface area contributed by atoms with Crippen molar-refractivity contribution in [3.05, 3.63) is 28.8 Å². The minimum absolute atomic E-state index is 0.176. The van der Waals surface area contributed by atoms with E-state index < -0.39 is 6.67 Å². The molecule has 14 heavy (non-hydrogen) atoms. The van der Waals surface area contributed by atoms with Crippen LogP contribution < -0.4 is 4.74 Å². The number of benzene rings is 1. The molecule has 0 fully saturated rings. The zero-order valence-corrected chi connectivity index (χ0v) is 8.43. The fourth-order valence-electron chi connectivity index (χ4n) is 1.06. The standard InChI is InChI=1S/C10H12ClFO2/c11-9-3-1-4-10(8(9)7-13)14-6-2-5-12/h1,3-4,13H,2,5-7H2. The first-order chi connectivity index (χ1) is 6.79. The topological polar surface area (TPSA) is 29.5 Å². The molecule has 0 heterocycles. The van der Waals surface area contributed by atoms with Gasteiger partial charge in [-0.2, -0.15) is 0 Å². The van der Waals surface area contributed by atoms with Crippen molar-refractivity contribution in [3.63, 3.8) is 0 Å². The van der Waals surface area contributed by atoms with Crippen LogP contribution in [0.1, 0.15) is 12.0 Å². The van der Waals surface area contributed by atoms with Crippen LogP contribution in [0.2, 0.25) is 5.02 Å². The Labute approximate surface area is 87.3 Å². The van der Waals surface area contributed by atoms with E-state index in [-0.39, 0.29) is 6.61 Å². The maximum atomic E-state index is 11.8. The second kappa shape index (κ2) is 5.83. The van der Waals surface area contributed by atoms with E-state index >= 15 is 0 Å². The highest BCUT2D eigenvalue weighted by molar-refractivity contribution is 6.31. The Bertz CT molecular complexity index is 291. The number of hydrogen-bond acceptors (Lipinski definition) is 2. The van der Waals surface area contributed by atoms with Gasteiger partial charge < -0.3 is 9.84 Å². The summed E-state index contributed by atoms with van der Waals surface area (Å²) >= 11 is 5.83. The van der Waals surface area contributed by atoms with Crippen molar-refractivity contribution in [3.8, 4) is 5.75 Å². The normalized spacial score (nSPS) is 10.2. The number of aliphatic hydroxyl groups excluding tert-OH is 1. The fourth-order valence-corrected chi connectivity index (χ4v) is 1.29. The van der Waals surface area contributed by atoms with Gasteiger partial charge in [-0.1, -0.05) is 17.7 Å². The highest BCUT2D eigenvalue weighted by Gasteiger charge is 2.06. The van der Waals surface area contributed by atoms with Crippen LogP contribution in [0.15, 0.2) is 18.2 Å². The first-order valence-corrected chi connectivity index (χ1v) is 4.74. The van der Waals surface area contributed by atoms with Gasteiger partial charge in [-0.05, 0) is 12.1 Å².